The number of carbonyl (C=O) groups excluding carboxylic acids is 1. The average molecular weight is 359 g/mol. The predicted octanol–water partition coefficient (Wildman–Crippen LogP) is 3.96. The van der Waals surface area contributed by atoms with Crippen molar-refractivity contribution in [2.45, 2.75) is 19.8 Å². The van der Waals surface area contributed by atoms with Gasteiger partial charge in [-0.3, -0.25) is 13.8 Å². The predicted molar refractivity (Wildman–Crippen MR) is 104 cm³/mol. The third-order valence-electron chi connectivity index (χ3n) is 3.79. The number of anilines is 2. The van der Waals surface area contributed by atoms with Crippen LogP contribution in [0.15, 0.2) is 48.5 Å². The van der Waals surface area contributed by atoms with E-state index in [2.05, 4.69) is 30.5 Å². The highest BCUT2D eigenvalue weighted by Gasteiger charge is 2.08. The van der Waals surface area contributed by atoms with Crippen molar-refractivity contribution in [3.05, 3.63) is 59.7 Å². The molecule has 2 aromatic carbocycles. The number of carbonyl (C=O) groups is 1. The van der Waals surface area contributed by atoms with Gasteiger partial charge >= 0.3 is 0 Å². The Morgan fingerprint density at radius 3 is 2.36 bits per heavy atom. The van der Waals surface area contributed by atoms with E-state index in [0.29, 0.717) is 11.5 Å². The maximum atomic E-state index is 12.1. The largest absolute Gasteiger partial charge is 0.355 e. The Hall–Kier alpha value is -2.34. The molecule has 0 saturated carbocycles. The van der Waals surface area contributed by atoms with Gasteiger partial charge in [-0.1, -0.05) is 32.0 Å². The summed E-state index contributed by atoms with van der Waals surface area (Å²) in [6.45, 7) is 4.54. The standard InChI is InChI=1S/C19H25N3O2S/c1-14(2)17-6-4-5-7-18(17)22-16-10-8-15(9-11-16)19(23)21-12-13-25(3,20)24/h4-11,14,20,22H,12-13H2,1-3H3,(H,21,23). The van der Waals surface area contributed by atoms with Gasteiger partial charge in [-0.15, -0.1) is 0 Å². The van der Waals surface area contributed by atoms with E-state index in [9.17, 15) is 9.00 Å². The highest BCUT2D eigenvalue weighted by atomic mass is 32.2. The number of rotatable bonds is 7. The Morgan fingerprint density at radius 1 is 1.12 bits per heavy atom. The molecule has 2 aromatic rings. The molecule has 134 valence electrons. The third kappa shape index (κ3) is 5.90. The molecule has 1 amide bonds. The van der Waals surface area contributed by atoms with Gasteiger partial charge in [0.1, 0.15) is 0 Å². The Labute approximate surface area is 149 Å². The Balaban J connectivity index is 2.02. The van der Waals surface area contributed by atoms with Crippen LogP contribution in [-0.4, -0.2) is 28.7 Å². The zero-order valence-electron chi connectivity index (χ0n) is 14.8. The monoisotopic (exact) mass is 359 g/mol. The molecule has 6 heteroatoms. The van der Waals surface area contributed by atoms with Crippen molar-refractivity contribution >= 4 is 27.0 Å². The van der Waals surface area contributed by atoms with Gasteiger partial charge in [0, 0.05) is 45.2 Å². The van der Waals surface area contributed by atoms with Crippen LogP contribution in [0.4, 0.5) is 11.4 Å². The summed E-state index contributed by atoms with van der Waals surface area (Å²) in [5.74, 6) is 0.349. The molecule has 0 heterocycles. The number of para-hydroxylation sites is 1. The summed E-state index contributed by atoms with van der Waals surface area (Å²) in [6, 6.07) is 15.4. The lowest BCUT2D eigenvalue weighted by molar-refractivity contribution is 0.0956. The minimum absolute atomic E-state index is 0.157. The summed E-state index contributed by atoms with van der Waals surface area (Å²) in [4.78, 5) is 12.1. The van der Waals surface area contributed by atoms with Crippen LogP contribution in [0.2, 0.25) is 0 Å². The summed E-state index contributed by atoms with van der Waals surface area (Å²) in [5.41, 5.74) is 3.74. The highest BCUT2D eigenvalue weighted by molar-refractivity contribution is 7.91. The summed E-state index contributed by atoms with van der Waals surface area (Å²) >= 11 is 0. The first-order chi connectivity index (χ1) is 11.8. The molecular weight excluding hydrogens is 334 g/mol. The molecule has 0 aliphatic carbocycles. The van der Waals surface area contributed by atoms with Gasteiger partial charge < -0.3 is 10.6 Å². The van der Waals surface area contributed by atoms with E-state index in [1.165, 1.54) is 11.8 Å². The first-order valence-electron chi connectivity index (χ1n) is 8.22. The molecule has 3 N–H and O–H groups in total. The van der Waals surface area contributed by atoms with Crippen LogP contribution in [0.5, 0.6) is 0 Å². The maximum Gasteiger partial charge on any atom is 0.251 e. The molecule has 0 bridgehead atoms. The highest BCUT2D eigenvalue weighted by Crippen LogP contribution is 2.26. The van der Waals surface area contributed by atoms with E-state index in [4.69, 9.17) is 4.78 Å². The van der Waals surface area contributed by atoms with E-state index < -0.39 is 9.73 Å². The number of nitrogens with one attached hydrogen (secondary N) is 3. The Bertz CT molecular complexity index is 828. The van der Waals surface area contributed by atoms with Crippen LogP contribution in [0.25, 0.3) is 0 Å². The van der Waals surface area contributed by atoms with E-state index in [1.807, 2.05) is 30.3 Å². The number of benzene rings is 2. The van der Waals surface area contributed by atoms with E-state index >= 15 is 0 Å². The smallest absolute Gasteiger partial charge is 0.251 e. The van der Waals surface area contributed by atoms with E-state index in [1.54, 1.807) is 12.1 Å². The molecular formula is C19H25N3O2S. The van der Waals surface area contributed by atoms with Crippen molar-refractivity contribution in [2.75, 3.05) is 23.9 Å². The summed E-state index contributed by atoms with van der Waals surface area (Å²) in [6.07, 6.45) is 1.37. The number of amides is 1. The van der Waals surface area contributed by atoms with Crippen molar-refractivity contribution in [1.82, 2.24) is 5.32 Å². The number of hydrogen-bond donors (Lipinski definition) is 3. The summed E-state index contributed by atoms with van der Waals surface area (Å²) in [5, 5.41) is 6.08. The number of hydrogen-bond acceptors (Lipinski definition) is 4. The molecule has 0 radical (unpaired) electrons. The van der Waals surface area contributed by atoms with Gasteiger partial charge in [-0.2, -0.15) is 0 Å². The van der Waals surface area contributed by atoms with Gasteiger partial charge in [-0.05, 0) is 41.8 Å². The minimum Gasteiger partial charge on any atom is -0.355 e. The minimum atomic E-state index is -2.58. The fourth-order valence-corrected chi connectivity index (χ4v) is 2.93. The van der Waals surface area contributed by atoms with Crippen molar-refractivity contribution in [3.63, 3.8) is 0 Å². The van der Waals surface area contributed by atoms with Gasteiger partial charge in [0.25, 0.3) is 5.91 Å². The van der Waals surface area contributed by atoms with Crippen molar-refractivity contribution in [3.8, 4) is 0 Å². The average Bonchev–Trinajstić information content (AvgIpc) is 2.54. The van der Waals surface area contributed by atoms with Gasteiger partial charge in [0.2, 0.25) is 0 Å². The quantitative estimate of drug-likeness (QED) is 0.700. The van der Waals surface area contributed by atoms with Gasteiger partial charge in [0.05, 0.1) is 0 Å². The van der Waals surface area contributed by atoms with Crippen molar-refractivity contribution in [2.24, 2.45) is 0 Å². The van der Waals surface area contributed by atoms with Crippen LogP contribution in [0.3, 0.4) is 0 Å². The second kappa shape index (κ2) is 8.16. The topological polar surface area (TPSA) is 82.1 Å². The fraction of sp³-hybridized carbons (Fsp3) is 0.316. The fourth-order valence-electron chi connectivity index (χ4n) is 2.44. The SMILES string of the molecule is CC(C)c1ccccc1Nc1ccc(C(=O)NCCS(C)(=N)=O)cc1. The van der Waals surface area contributed by atoms with E-state index in [-0.39, 0.29) is 18.2 Å². The molecule has 1 unspecified atom stereocenters. The first kappa shape index (κ1) is 19.0. The maximum absolute atomic E-state index is 12.1. The van der Waals surface area contributed by atoms with Gasteiger partial charge in [0.15, 0.2) is 0 Å². The molecule has 0 saturated heterocycles. The zero-order valence-corrected chi connectivity index (χ0v) is 15.7. The van der Waals surface area contributed by atoms with Crippen molar-refractivity contribution in [1.29, 1.82) is 4.78 Å². The molecule has 0 fully saturated rings. The van der Waals surface area contributed by atoms with Crippen LogP contribution in [0.1, 0.15) is 35.7 Å². The second-order valence-electron chi connectivity index (χ2n) is 6.41. The molecule has 0 aromatic heterocycles. The molecule has 0 aliphatic heterocycles. The van der Waals surface area contributed by atoms with Crippen molar-refractivity contribution < 1.29 is 9.00 Å². The van der Waals surface area contributed by atoms with Crippen LogP contribution < -0.4 is 10.6 Å². The lowest BCUT2D eigenvalue weighted by Gasteiger charge is -2.14. The molecule has 25 heavy (non-hydrogen) atoms. The summed E-state index contributed by atoms with van der Waals surface area (Å²) in [7, 11) is -2.58. The molecule has 2 rings (SSSR count). The van der Waals surface area contributed by atoms with Crippen LogP contribution >= 0.6 is 0 Å². The van der Waals surface area contributed by atoms with Crippen LogP contribution in [0, 0.1) is 4.78 Å². The lowest BCUT2D eigenvalue weighted by Crippen LogP contribution is -2.28. The second-order valence-corrected chi connectivity index (χ2v) is 8.83. The Kier molecular flexibility index (Phi) is 6.20. The Morgan fingerprint density at radius 2 is 1.76 bits per heavy atom. The first-order valence-corrected chi connectivity index (χ1v) is 10.4. The van der Waals surface area contributed by atoms with Crippen LogP contribution in [-0.2, 0) is 9.73 Å². The summed E-state index contributed by atoms with van der Waals surface area (Å²) < 4.78 is 18.6. The van der Waals surface area contributed by atoms with E-state index in [0.717, 1.165) is 11.4 Å². The molecule has 0 spiro atoms. The van der Waals surface area contributed by atoms with Gasteiger partial charge in [-0.25, -0.2) is 0 Å². The third-order valence-corrected chi connectivity index (χ3v) is 4.77. The normalized spacial score (nSPS) is 13.3. The molecule has 0 aliphatic rings. The zero-order chi connectivity index (χ0) is 18.4. The lowest BCUT2D eigenvalue weighted by atomic mass is 10.0. The molecule has 1 atom stereocenters. The molecule has 5 nitrogen and oxygen atoms in total.